The van der Waals surface area contributed by atoms with E-state index >= 15 is 0 Å². The van der Waals surface area contributed by atoms with Gasteiger partial charge in [-0.3, -0.25) is 4.79 Å². The van der Waals surface area contributed by atoms with Crippen LogP contribution in [0.25, 0.3) is 0 Å². The van der Waals surface area contributed by atoms with E-state index in [4.69, 9.17) is 9.47 Å². The van der Waals surface area contributed by atoms with Crippen molar-refractivity contribution in [2.24, 2.45) is 23.7 Å². The second-order valence-electron chi connectivity index (χ2n) is 5.39. The summed E-state index contributed by atoms with van der Waals surface area (Å²) in [5.74, 6) is 0.908. The van der Waals surface area contributed by atoms with Crippen LogP contribution in [0, 0.1) is 23.7 Å². The van der Waals surface area contributed by atoms with Gasteiger partial charge in [0.1, 0.15) is 6.61 Å². The van der Waals surface area contributed by atoms with Crippen LogP contribution >= 0.6 is 0 Å². The van der Waals surface area contributed by atoms with Crippen LogP contribution in [0.2, 0.25) is 0 Å². The molecule has 1 aliphatic rings. The predicted molar refractivity (Wildman–Crippen MR) is 81.3 cm³/mol. The number of methoxy groups -OCH3 is 1. The van der Waals surface area contributed by atoms with E-state index in [0.717, 1.165) is 19.3 Å². The first-order valence-electron chi connectivity index (χ1n) is 7.64. The Hall–Kier alpha value is -1.09. The lowest BCUT2D eigenvalue weighted by atomic mass is 9.85. The summed E-state index contributed by atoms with van der Waals surface area (Å²) in [6.45, 7) is 8.97. The van der Waals surface area contributed by atoms with Crippen molar-refractivity contribution < 1.29 is 14.3 Å². The van der Waals surface area contributed by atoms with Crippen molar-refractivity contribution in [1.82, 2.24) is 0 Å². The molecular weight excluding hydrogens is 252 g/mol. The molecule has 4 unspecified atom stereocenters. The van der Waals surface area contributed by atoms with Gasteiger partial charge < -0.3 is 9.47 Å². The topological polar surface area (TPSA) is 35.5 Å². The largest absolute Gasteiger partial charge is 0.463 e. The predicted octanol–water partition coefficient (Wildman–Crippen LogP) is 3.61. The highest BCUT2D eigenvalue weighted by Gasteiger charge is 2.44. The van der Waals surface area contributed by atoms with Crippen molar-refractivity contribution in [3.05, 3.63) is 24.8 Å². The van der Waals surface area contributed by atoms with E-state index in [-0.39, 0.29) is 17.8 Å². The van der Waals surface area contributed by atoms with E-state index in [9.17, 15) is 4.79 Å². The molecule has 1 fully saturated rings. The molecule has 0 amide bonds. The van der Waals surface area contributed by atoms with Gasteiger partial charge in [0.2, 0.25) is 0 Å². The minimum absolute atomic E-state index is 0.0392. The van der Waals surface area contributed by atoms with Gasteiger partial charge in [0, 0.05) is 7.11 Å². The summed E-state index contributed by atoms with van der Waals surface area (Å²) in [4.78, 5) is 12.4. The summed E-state index contributed by atoms with van der Waals surface area (Å²) < 4.78 is 10.3. The van der Waals surface area contributed by atoms with Gasteiger partial charge in [-0.05, 0) is 30.6 Å². The van der Waals surface area contributed by atoms with Crippen LogP contribution in [-0.2, 0) is 14.3 Å². The van der Waals surface area contributed by atoms with E-state index < -0.39 is 0 Å². The van der Waals surface area contributed by atoms with E-state index in [2.05, 4.69) is 32.6 Å². The second kappa shape index (κ2) is 8.96. The Morgan fingerprint density at radius 2 is 2.05 bits per heavy atom. The lowest BCUT2D eigenvalue weighted by Crippen LogP contribution is -2.28. The number of hydrogen-bond donors (Lipinski definition) is 0. The van der Waals surface area contributed by atoms with Gasteiger partial charge in [-0.1, -0.05) is 38.5 Å². The fraction of sp³-hybridized carbons (Fsp3) is 0.706. The Kier molecular flexibility index (Phi) is 7.60. The average molecular weight is 280 g/mol. The van der Waals surface area contributed by atoms with E-state index in [1.165, 1.54) is 0 Å². The first-order chi connectivity index (χ1) is 9.69. The first-order valence-corrected chi connectivity index (χ1v) is 7.64. The minimum atomic E-state index is -0.0796. The van der Waals surface area contributed by atoms with Gasteiger partial charge in [-0.15, -0.1) is 6.58 Å². The molecule has 1 rings (SSSR count). The molecule has 0 spiro atoms. The molecule has 4 atom stereocenters. The van der Waals surface area contributed by atoms with Crippen LogP contribution < -0.4 is 0 Å². The zero-order valence-corrected chi connectivity index (χ0v) is 13.0. The highest BCUT2D eigenvalue weighted by molar-refractivity contribution is 5.74. The summed E-state index contributed by atoms with van der Waals surface area (Å²) in [7, 11) is 1.61. The fourth-order valence-electron chi connectivity index (χ4n) is 3.23. The lowest BCUT2D eigenvalue weighted by molar-refractivity contribution is -0.152. The minimum Gasteiger partial charge on any atom is -0.463 e. The molecule has 0 bridgehead atoms. The maximum atomic E-state index is 12.4. The Balaban J connectivity index is 2.79. The van der Waals surface area contributed by atoms with E-state index in [0.29, 0.717) is 25.0 Å². The molecule has 3 nitrogen and oxygen atoms in total. The third-order valence-corrected chi connectivity index (χ3v) is 4.21. The lowest BCUT2D eigenvalue weighted by Gasteiger charge is -2.22. The summed E-state index contributed by atoms with van der Waals surface area (Å²) in [5.41, 5.74) is 0. The molecule has 1 saturated carbocycles. The third kappa shape index (κ3) is 4.20. The van der Waals surface area contributed by atoms with E-state index in [1.54, 1.807) is 7.11 Å². The van der Waals surface area contributed by atoms with Crippen molar-refractivity contribution in [1.29, 1.82) is 0 Å². The Bertz CT molecular complexity index is 335. The van der Waals surface area contributed by atoms with Crippen molar-refractivity contribution >= 4 is 5.97 Å². The van der Waals surface area contributed by atoms with Crippen molar-refractivity contribution in [2.45, 2.75) is 33.1 Å². The summed E-state index contributed by atoms with van der Waals surface area (Å²) in [6.07, 6.45) is 9.33. The highest BCUT2D eigenvalue weighted by Crippen LogP contribution is 2.45. The van der Waals surface area contributed by atoms with Crippen LogP contribution in [-0.4, -0.2) is 26.3 Å². The smallest absolute Gasteiger partial charge is 0.309 e. The zero-order chi connectivity index (χ0) is 15.0. The van der Waals surface area contributed by atoms with Crippen molar-refractivity contribution in [3.8, 4) is 0 Å². The molecule has 0 aliphatic heterocycles. The number of carbonyl (C=O) groups is 1. The molecule has 20 heavy (non-hydrogen) atoms. The average Bonchev–Trinajstić information content (AvgIpc) is 2.82. The molecular formula is C17H28O3. The van der Waals surface area contributed by atoms with Gasteiger partial charge in [0.25, 0.3) is 0 Å². The normalized spacial score (nSPS) is 29.8. The van der Waals surface area contributed by atoms with Gasteiger partial charge >= 0.3 is 5.97 Å². The number of hydrogen-bond acceptors (Lipinski definition) is 3. The van der Waals surface area contributed by atoms with Gasteiger partial charge in [0.05, 0.1) is 12.5 Å². The van der Waals surface area contributed by atoms with Crippen LogP contribution in [0.4, 0.5) is 0 Å². The molecule has 0 aromatic heterocycles. The Morgan fingerprint density at radius 3 is 2.60 bits per heavy atom. The molecule has 3 heteroatoms. The van der Waals surface area contributed by atoms with Crippen molar-refractivity contribution in [3.63, 3.8) is 0 Å². The molecule has 0 aromatic carbocycles. The zero-order valence-electron chi connectivity index (χ0n) is 13.0. The Labute approximate surface area is 123 Å². The number of carbonyl (C=O) groups excluding carboxylic acids is 1. The maximum absolute atomic E-state index is 12.4. The number of ether oxygens (including phenoxy) is 2. The molecule has 1 aliphatic carbocycles. The summed E-state index contributed by atoms with van der Waals surface area (Å²) in [6, 6.07) is 0. The van der Waals surface area contributed by atoms with Crippen LogP contribution in [0.15, 0.2) is 24.8 Å². The fourth-order valence-corrected chi connectivity index (χ4v) is 3.23. The molecule has 0 saturated heterocycles. The monoisotopic (exact) mass is 280 g/mol. The maximum Gasteiger partial charge on any atom is 0.309 e. The van der Waals surface area contributed by atoms with Gasteiger partial charge in [-0.25, -0.2) is 0 Å². The third-order valence-electron chi connectivity index (χ3n) is 4.21. The standard InChI is InChI=1S/C17H28O3/c1-5-8-9-14-12-13(6-2)15(7-3)16(14)17(18)20-11-10-19-4/h6,8-9,13-16H,2,5,7,10-12H2,1,3-4H3/b9-8+. The number of allylic oxidation sites excluding steroid dienone is 3. The Morgan fingerprint density at radius 1 is 1.30 bits per heavy atom. The summed E-state index contributed by atoms with van der Waals surface area (Å²) in [5, 5.41) is 0. The number of esters is 1. The van der Waals surface area contributed by atoms with Crippen LogP contribution in [0.1, 0.15) is 33.1 Å². The van der Waals surface area contributed by atoms with Crippen molar-refractivity contribution in [2.75, 3.05) is 20.3 Å². The molecule has 0 radical (unpaired) electrons. The van der Waals surface area contributed by atoms with Crippen LogP contribution in [0.5, 0.6) is 0 Å². The van der Waals surface area contributed by atoms with Gasteiger partial charge in [-0.2, -0.15) is 0 Å². The van der Waals surface area contributed by atoms with Gasteiger partial charge in [0.15, 0.2) is 0 Å². The SMILES string of the molecule is C=CC1CC(/C=C/CC)C(C(=O)OCCOC)C1CC. The number of rotatable bonds is 8. The molecule has 0 aromatic rings. The molecule has 0 N–H and O–H groups in total. The van der Waals surface area contributed by atoms with Crippen LogP contribution in [0.3, 0.4) is 0 Å². The van der Waals surface area contributed by atoms with E-state index in [1.807, 2.05) is 6.08 Å². The molecule has 114 valence electrons. The summed E-state index contributed by atoms with van der Waals surface area (Å²) >= 11 is 0. The quantitative estimate of drug-likeness (QED) is 0.387. The molecule has 0 heterocycles. The second-order valence-corrected chi connectivity index (χ2v) is 5.39. The first kappa shape index (κ1) is 17.0. The highest BCUT2D eigenvalue weighted by atomic mass is 16.6.